The second-order valence-electron chi connectivity index (χ2n) is 3.90. The molecule has 1 aliphatic heterocycles. The molecule has 0 saturated carbocycles. The Morgan fingerprint density at radius 1 is 1.50 bits per heavy atom. The highest BCUT2D eigenvalue weighted by molar-refractivity contribution is 5.93. The average molecular weight is 187 g/mol. The Morgan fingerprint density at radius 3 is 3.36 bits per heavy atom. The van der Waals surface area contributed by atoms with E-state index in [1.165, 1.54) is 22.9 Å². The topological polar surface area (TPSA) is 31.9 Å². The molecule has 72 valence electrons. The van der Waals surface area contributed by atoms with Crippen LogP contribution in [0.15, 0.2) is 18.5 Å². The molecule has 0 aliphatic carbocycles. The summed E-state index contributed by atoms with van der Waals surface area (Å²) >= 11 is 0. The molecule has 1 N–H and O–H groups in total. The van der Waals surface area contributed by atoms with Crippen LogP contribution in [0.25, 0.3) is 10.9 Å². The summed E-state index contributed by atoms with van der Waals surface area (Å²) in [5.41, 5.74) is 2.62. The monoisotopic (exact) mass is 187 g/mol. The van der Waals surface area contributed by atoms with Crippen molar-refractivity contribution in [3.8, 4) is 0 Å². The largest absolute Gasteiger partial charge is 0.361 e. The van der Waals surface area contributed by atoms with Crippen molar-refractivity contribution in [2.24, 2.45) is 0 Å². The first kappa shape index (κ1) is 7.85. The van der Waals surface area contributed by atoms with E-state index in [0.717, 1.165) is 18.8 Å². The van der Waals surface area contributed by atoms with E-state index < -0.39 is 0 Å². The summed E-state index contributed by atoms with van der Waals surface area (Å²) in [5.74, 6) is 1.12. The molecule has 2 aromatic rings. The van der Waals surface area contributed by atoms with Gasteiger partial charge in [-0.1, -0.05) is 0 Å². The van der Waals surface area contributed by atoms with Crippen molar-refractivity contribution >= 4 is 16.7 Å². The molecule has 3 nitrogen and oxygen atoms in total. The van der Waals surface area contributed by atoms with Gasteiger partial charge >= 0.3 is 0 Å². The zero-order valence-corrected chi connectivity index (χ0v) is 8.25. The SMILES string of the molecule is CN1CCCc2c[nH]c3ccnc1c23. The van der Waals surface area contributed by atoms with Gasteiger partial charge in [0.15, 0.2) is 0 Å². The summed E-state index contributed by atoms with van der Waals surface area (Å²) in [7, 11) is 2.11. The molecule has 3 heteroatoms. The van der Waals surface area contributed by atoms with Crippen LogP contribution in [0, 0.1) is 0 Å². The van der Waals surface area contributed by atoms with Crippen LogP contribution in [0.4, 0.5) is 5.82 Å². The van der Waals surface area contributed by atoms with Gasteiger partial charge in [-0.25, -0.2) is 4.98 Å². The molecule has 0 spiro atoms. The van der Waals surface area contributed by atoms with Crippen molar-refractivity contribution in [1.82, 2.24) is 9.97 Å². The summed E-state index contributed by atoms with van der Waals surface area (Å²) in [4.78, 5) is 10.0. The van der Waals surface area contributed by atoms with Crippen molar-refractivity contribution in [3.05, 3.63) is 24.0 Å². The average Bonchev–Trinajstić information content (AvgIpc) is 2.53. The van der Waals surface area contributed by atoms with E-state index in [1.807, 2.05) is 12.3 Å². The predicted octanol–water partition coefficient (Wildman–Crippen LogP) is 1.95. The Labute approximate surface area is 82.8 Å². The van der Waals surface area contributed by atoms with Crippen LogP contribution < -0.4 is 4.90 Å². The molecule has 3 rings (SSSR count). The Hall–Kier alpha value is -1.51. The first-order valence-corrected chi connectivity index (χ1v) is 5.02. The van der Waals surface area contributed by atoms with Gasteiger partial charge in [0.05, 0.1) is 5.52 Å². The second-order valence-corrected chi connectivity index (χ2v) is 3.90. The highest BCUT2D eigenvalue weighted by atomic mass is 15.2. The van der Waals surface area contributed by atoms with Gasteiger partial charge in [0.25, 0.3) is 0 Å². The fourth-order valence-electron chi connectivity index (χ4n) is 2.22. The van der Waals surface area contributed by atoms with E-state index in [9.17, 15) is 0 Å². The van der Waals surface area contributed by atoms with Gasteiger partial charge in [-0.15, -0.1) is 0 Å². The van der Waals surface area contributed by atoms with Crippen molar-refractivity contribution in [2.75, 3.05) is 18.5 Å². The fourth-order valence-corrected chi connectivity index (χ4v) is 2.22. The molecule has 2 aromatic heterocycles. The predicted molar refractivity (Wildman–Crippen MR) is 57.7 cm³/mol. The summed E-state index contributed by atoms with van der Waals surface area (Å²) in [5, 5.41) is 1.31. The maximum atomic E-state index is 4.46. The Kier molecular flexibility index (Phi) is 1.54. The molecular formula is C11H13N3. The smallest absolute Gasteiger partial charge is 0.137 e. The Morgan fingerprint density at radius 2 is 2.43 bits per heavy atom. The lowest BCUT2D eigenvalue weighted by Gasteiger charge is -2.16. The van der Waals surface area contributed by atoms with Crippen molar-refractivity contribution in [2.45, 2.75) is 12.8 Å². The van der Waals surface area contributed by atoms with Gasteiger partial charge in [-0.05, 0) is 24.5 Å². The standard InChI is InChI=1S/C11H13N3/c1-14-6-2-3-8-7-13-9-4-5-12-11(14)10(8)9/h4-5,7,13H,2-3,6H2,1H3. The molecule has 0 saturated heterocycles. The molecule has 0 radical (unpaired) electrons. The number of rotatable bonds is 0. The molecular weight excluding hydrogens is 174 g/mol. The number of hydrogen-bond donors (Lipinski definition) is 1. The van der Waals surface area contributed by atoms with Gasteiger partial charge in [0.1, 0.15) is 5.82 Å². The minimum absolute atomic E-state index is 1.10. The van der Waals surface area contributed by atoms with Gasteiger partial charge in [-0.3, -0.25) is 0 Å². The number of aromatic nitrogens is 2. The van der Waals surface area contributed by atoms with E-state index >= 15 is 0 Å². The summed E-state index contributed by atoms with van der Waals surface area (Å²) in [6.07, 6.45) is 6.36. The lowest BCUT2D eigenvalue weighted by atomic mass is 10.1. The van der Waals surface area contributed by atoms with Crippen LogP contribution in [0.1, 0.15) is 12.0 Å². The number of aromatic amines is 1. The normalized spacial score (nSPS) is 15.9. The Balaban J connectivity index is 2.38. The molecule has 0 amide bonds. The van der Waals surface area contributed by atoms with E-state index in [2.05, 4.69) is 28.1 Å². The van der Waals surface area contributed by atoms with Crippen LogP contribution in [0.3, 0.4) is 0 Å². The lowest BCUT2D eigenvalue weighted by molar-refractivity contribution is 0.795. The number of aryl methyl sites for hydroxylation is 1. The van der Waals surface area contributed by atoms with E-state index in [0.29, 0.717) is 0 Å². The lowest BCUT2D eigenvalue weighted by Crippen LogP contribution is -2.18. The van der Waals surface area contributed by atoms with Gasteiger partial charge in [-0.2, -0.15) is 0 Å². The molecule has 0 aromatic carbocycles. The molecule has 0 unspecified atom stereocenters. The number of hydrogen-bond acceptors (Lipinski definition) is 2. The number of nitrogens with zero attached hydrogens (tertiary/aromatic N) is 2. The number of H-pyrrole nitrogens is 1. The minimum atomic E-state index is 1.10. The third kappa shape index (κ3) is 0.953. The van der Waals surface area contributed by atoms with Crippen LogP contribution in [-0.4, -0.2) is 23.6 Å². The third-order valence-electron chi connectivity index (χ3n) is 2.96. The quantitative estimate of drug-likeness (QED) is 0.683. The highest BCUT2D eigenvalue weighted by Crippen LogP contribution is 2.30. The number of nitrogens with one attached hydrogen (secondary N) is 1. The van der Waals surface area contributed by atoms with E-state index in [1.54, 1.807) is 0 Å². The minimum Gasteiger partial charge on any atom is -0.361 e. The molecule has 0 fully saturated rings. The first-order valence-electron chi connectivity index (χ1n) is 5.02. The zero-order chi connectivity index (χ0) is 9.54. The first-order chi connectivity index (χ1) is 6.86. The molecule has 14 heavy (non-hydrogen) atoms. The van der Waals surface area contributed by atoms with Crippen LogP contribution in [0.5, 0.6) is 0 Å². The molecule has 1 aliphatic rings. The van der Waals surface area contributed by atoms with Crippen molar-refractivity contribution < 1.29 is 0 Å². The van der Waals surface area contributed by atoms with Crippen LogP contribution in [0.2, 0.25) is 0 Å². The summed E-state index contributed by atoms with van der Waals surface area (Å²) in [6.45, 7) is 1.10. The number of pyridine rings is 1. The second kappa shape index (κ2) is 2.74. The maximum absolute atomic E-state index is 4.46. The van der Waals surface area contributed by atoms with E-state index in [4.69, 9.17) is 0 Å². The van der Waals surface area contributed by atoms with Gasteiger partial charge < -0.3 is 9.88 Å². The van der Waals surface area contributed by atoms with Crippen molar-refractivity contribution in [1.29, 1.82) is 0 Å². The zero-order valence-electron chi connectivity index (χ0n) is 8.25. The van der Waals surface area contributed by atoms with Crippen LogP contribution >= 0.6 is 0 Å². The molecule has 0 bridgehead atoms. The maximum Gasteiger partial charge on any atom is 0.137 e. The summed E-state index contributed by atoms with van der Waals surface area (Å²) in [6, 6.07) is 2.04. The highest BCUT2D eigenvalue weighted by Gasteiger charge is 2.16. The fraction of sp³-hybridized carbons (Fsp3) is 0.364. The molecule has 0 atom stereocenters. The Bertz CT molecular complexity index is 472. The van der Waals surface area contributed by atoms with Gasteiger partial charge in [0, 0.05) is 31.4 Å². The third-order valence-corrected chi connectivity index (χ3v) is 2.96. The van der Waals surface area contributed by atoms with E-state index in [-0.39, 0.29) is 0 Å². The summed E-state index contributed by atoms with van der Waals surface area (Å²) < 4.78 is 0. The van der Waals surface area contributed by atoms with Crippen LogP contribution in [-0.2, 0) is 6.42 Å². The van der Waals surface area contributed by atoms with Crippen molar-refractivity contribution in [3.63, 3.8) is 0 Å². The number of anilines is 1. The van der Waals surface area contributed by atoms with Gasteiger partial charge in [0.2, 0.25) is 0 Å². The molecule has 3 heterocycles.